The Balaban J connectivity index is 1.94. The molecule has 0 aliphatic rings. The first-order chi connectivity index (χ1) is 10.6. The quantitative estimate of drug-likeness (QED) is 0.752. The number of aliphatic hydroxyl groups is 1. The summed E-state index contributed by atoms with van der Waals surface area (Å²) < 4.78 is 10.1. The Morgan fingerprint density at radius 2 is 2.23 bits per heavy atom. The summed E-state index contributed by atoms with van der Waals surface area (Å²) in [5.74, 6) is -0.233. The molecule has 8 heteroatoms. The van der Waals surface area contributed by atoms with Crippen molar-refractivity contribution >= 4 is 12.0 Å². The van der Waals surface area contributed by atoms with Crippen LogP contribution in [0.15, 0.2) is 34.7 Å². The number of aromatic nitrogens is 1. The standard InChI is InChI=1S/C14H14N4O4/c15-6-10-12(16)22-13(17-10)11(7-19)18-14(20)21-8-9-4-2-1-3-5-9/h1-5,11,19H,7-8,16H2,(H,18,20). The van der Waals surface area contributed by atoms with Crippen molar-refractivity contribution in [2.75, 3.05) is 12.3 Å². The van der Waals surface area contributed by atoms with Gasteiger partial charge in [0, 0.05) is 0 Å². The van der Waals surface area contributed by atoms with Gasteiger partial charge in [-0.15, -0.1) is 0 Å². The number of ether oxygens (including phenoxy) is 1. The van der Waals surface area contributed by atoms with E-state index in [4.69, 9.17) is 20.1 Å². The van der Waals surface area contributed by atoms with Crippen molar-refractivity contribution in [2.24, 2.45) is 0 Å². The van der Waals surface area contributed by atoms with Gasteiger partial charge in [0.15, 0.2) is 0 Å². The molecule has 1 unspecified atom stereocenters. The van der Waals surface area contributed by atoms with E-state index in [0.29, 0.717) is 0 Å². The predicted molar refractivity (Wildman–Crippen MR) is 75.2 cm³/mol. The highest BCUT2D eigenvalue weighted by Crippen LogP contribution is 2.18. The van der Waals surface area contributed by atoms with E-state index >= 15 is 0 Å². The number of amides is 1. The van der Waals surface area contributed by atoms with E-state index in [-0.39, 0.29) is 24.1 Å². The highest BCUT2D eigenvalue weighted by atomic mass is 16.5. The number of carbonyl (C=O) groups excluding carboxylic acids is 1. The summed E-state index contributed by atoms with van der Waals surface area (Å²) in [5, 5.41) is 20.4. The van der Waals surface area contributed by atoms with Gasteiger partial charge in [-0.25, -0.2) is 4.79 Å². The van der Waals surface area contributed by atoms with E-state index in [1.54, 1.807) is 6.07 Å². The molecule has 8 nitrogen and oxygen atoms in total. The van der Waals surface area contributed by atoms with Gasteiger partial charge in [-0.2, -0.15) is 10.2 Å². The lowest BCUT2D eigenvalue weighted by atomic mass is 10.2. The van der Waals surface area contributed by atoms with Crippen molar-refractivity contribution in [3.63, 3.8) is 0 Å². The summed E-state index contributed by atoms with van der Waals surface area (Å²) in [6.45, 7) is -0.396. The first-order valence-electron chi connectivity index (χ1n) is 6.38. The molecule has 114 valence electrons. The number of hydrogen-bond donors (Lipinski definition) is 3. The second-order valence-corrected chi connectivity index (χ2v) is 4.32. The van der Waals surface area contributed by atoms with Crippen LogP contribution in [0.25, 0.3) is 0 Å². The van der Waals surface area contributed by atoms with Crippen molar-refractivity contribution in [2.45, 2.75) is 12.6 Å². The molecule has 0 aliphatic carbocycles. The van der Waals surface area contributed by atoms with E-state index in [1.807, 2.05) is 30.3 Å². The molecular weight excluding hydrogens is 288 g/mol. The van der Waals surface area contributed by atoms with E-state index < -0.39 is 18.7 Å². The van der Waals surface area contributed by atoms with Crippen LogP contribution < -0.4 is 11.1 Å². The van der Waals surface area contributed by atoms with Gasteiger partial charge in [-0.1, -0.05) is 30.3 Å². The van der Waals surface area contributed by atoms with Crippen LogP contribution in [0.2, 0.25) is 0 Å². The Kier molecular flexibility index (Phi) is 4.95. The van der Waals surface area contributed by atoms with Crippen molar-refractivity contribution < 1.29 is 19.1 Å². The molecule has 0 fully saturated rings. The number of nitrogen functional groups attached to an aromatic ring is 1. The molecule has 0 saturated heterocycles. The van der Waals surface area contributed by atoms with Crippen molar-refractivity contribution in [1.82, 2.24) is 10.3 Å². The number of benzene rings is 1. The van der Waals surface area contributed by atoms with Crippen molar-refractivity contribution in [3.05, 3.63) is 47.5 Å². The fourth-order valence-corrected chi connectivity index (χ4v) is 1.67. The Hall–Kier alpha value is -3.05. The maximum Gasteiger partial charge on any atom is 0.408 e. The largest absolute Gasteiger partial charge is 0.445 e. The number of aliphatic hydroxyl groups excluding tert-OH is 1. The average Bonchev–Trinajstić information content (AvgIpc) is 2.92. The fraction of sp³-hybridized carbons (Fsp3) is 0.214. The lowest BCUT2D eigenvalue weighted by Crippen LogP contribution is -2.31. The van der Waals surface area contributed by atoms with Gasteiger partial charge < -0.3 is 25.3 Å². The molecule has 1 aromatic heterocycles. The smallest absolute Gasteiger partial charge is 0.408 e. The molecule has 0 bridgehead atoms. The van der Waals surface area contributed by atoms with E-state index in [0.717, 1.165) is 5.56 Å². The van der Waals surface area contributed by atoms with Gasteiger partial charge in [0.1, 0.15) is 18.7 Å². The Labute approximate surface area is 126 Å². The summed E-state index contributed by atoms with van der Waals surface area (Å²) >= 11 is 0. The molecule has 1 aromatic carbocycles. The second-order valence-electron chi connectivity index (χ2n) is 4.32. The molecule has 1 atom stereocenters. The third-order valence-electron chi connectivity index (χ3n) is 2.76. The monoisotopic (exact) mass is 302 g/mol. The van der Waals surface area contributed by atoms with Gasteiger partial charge in [0.05, 0.1) is 6.61 Å². The first-order valence-corrected chi connectivity index (χ1v) is 6.38. The van der Waals surface area contributed by atoms with Gasteiger partial charge in [0.25, 0.3) is 0 Å². The van der Waals surface area contributed by atoms with Crippen molar-refractivity contribution in [3.8, 4) is 6.07 Å². The average molecular weight is 302 g/mol. The van der Waals surface area contributed by atoms with E-state index in [2.05, 4.69) is 10.3 Å². The van der Waals surface area contributed by atoms with Gasteiger partial charge >= 0.3 is 6.09 Å². The summed E-state index contributed by atoms with van der Waals surface area (Å²) in [7, 11) is 0. The number of nitrogens with zero attached hydrogens (tertiary/aromatic N) is 2. The van der Waals surface area contributed by atoms with Crippen LogP contribution >= 0.6 is 0 Å². The SMILES string of the molecule is N#Cc1nc(C(CO)NC(=O)OCc2ccccc2)oc1N. The van der Waals surface area contributed by atoms with Crippen LogP contribution in [0.5, 0.6) is 0 Å². The fourth-order valence-electron chi connectivity index (χ4n) is 1.67. The molecule has 2 rings (SSSR count). The third-order valence-corrected chi connectivity index (χ3v) is 2.76. The highest BCUT2D eigenvalue weighted by molar-refractivity contribution is 5.67. The third kappa shape index (κ3) is 3.74. The van der Waals surface area contributed by atoms with Crippen LogP contribution in [-0.2, 0) is 11.3 Å². The van der Waals surface area contributed by atoms with Crippen LogP contribution in [0.1, 0.15) is 23.2 Å². The lowest BCUT2D eigenvalue weighted by molar-refractivity contribution is 0.126. The zero-order chi connectivity index (χ0) is 15.9. The molecule has 1 amide bonds. The molecule has 22 heavy (non-hydrogen) atoms. The number of nitrogens with two attached hydrogens (primary N) is 1. The number of rotatable bonds is 5. The Bertz CT molecular complexity index is 678. The van der Waals surface area contributed by atoms with Crippen LogP contribution in [-0.4, -0.2) is 22.8 Å². The minimum absolute atomic E-state index is 0.0618. The summed E-state index contributed by atoms with van der Waals surface area (Å²) in [6.07, 6.45) is -0.752. The van der Waals surface area contributed by atoms with Crippen LogP contribution in [0.4, 0.5) is 10.7 Å². The molecule has 0 saturated carbocycles. The summed E-state index contributed by atoms with van der Waals surface area (Å²) in [4.78, 5) is 15.5. The normalized spacial score (nSPS) is 11.5. The predicted octanol–water partition coefficient (Wildman–Crippen LogP) is 1.09. The minimum Gasteiger partial charge on any atom is -0.445 e. The molecule has 2 aromatic rings. The number of carbonyl (C=O) groups is 1. The molecule has 0 spiro atoms. The van der Waals surface area contributed by atoms with E-state index in [9.17, 15) is 9.90 Å². The maximum absolute atomic E-state index is 11.7. The number of alkyl carbamates (subject to hydrolysis) is 1. The molecular formula is C14H14N4O4. The zero-order valence-corrected chi connectivity index (χ0v) is 11.5. The molecule has 0 radical (unpaired) electrons. The number of nitriles is 1. The topological polar surface area (TPSA) is 134 Å². The lowest BCUT2D eigenvalue weighted by Gasteiger charge is -2.13. The minimum atomic E-state index is -0.951. The van der Waals surface area contributed by atoms with Crippen LogP contribution in [0, 0.1) is 11.3 Å². The van der Waals surface area contributed by atoms with Gasteiger partial charge in [-0.3, -0.25) is 0 Å². The van der Waals surface area contributed by atoms with Crippen molar-refractivity contribution in [1.29, 1.82) is 5.26 Å². The van der Waals surface area contributed by atoms with Gasteiger partial charge in [0.2, 0.25) is 17.5 Å². The molecule has 0 aliphatic heterocycles. The number of nitrogens with one attached hydrogen (secondary N) is 1. The Morgan fingerprint density at radius 1 is 1.50 bits per heavy atom. The second kappa shape index (κ2) is 7.10. The molecule has 4 N–H and O–H groups in total. The first kappa shape index (κ1) is 15.3. The van der Waals surface area contributed by atoms with Gasteiger partial charge in [-0.05, 0) is 5.56 Å². The van der Waals surface area contributed by atoms with E-state index in [1.165, 1.54) is 0 Å². The summed E-state index contributed by atoms with van der Waals surface area (Å²) in [5.41, 5.74) is 6.15. The number of hydrogen-bond acceptors (Lipinski definition) is 7. The Morgan fingerprint density at radius 3 is 2.82 bits per heavy atom. The highest BCUT2D eigenvalue weighted by Gasteiger charge is 2.22. The number of anilines is 1. The summed E-state index contributed by atoms with van der Waals surface area (Å²) in [6, 6.07) is 9.91. The maximum atomic E-state index is 11.7. The number of oxazole rings is 1. The molecule has 1 heterocycles. The zero-order valence-electron chi connectivity index (χ0n) is 11.5. The van der Waals surface area contributed by atoms with Crippen LogP contribution in [0.3, 0.4) is 0 Å².